The van der Waals surface area contributed by atoms with Gasteiger partial charge in [-0.1, -0.05) is 0 Å². The summed E-state index contributed by atoms with van der Waals surface area (Å²) in [5.74, 6) is 2.50. The molecule has 2 N–H and O–H groups in total. The average molecular weight is 465 g/mol. The van der Waals surface area contributed by atoms with Crippen LogP contribution >= 0.6 is 22.6 Å². The maximum absolute atomic E-state index is 12.1. The third-order valence-corrected chi connectivity index (χ3v) is 5.05. The highest BCUT2D eigenvalue weighted by molar-refractivity contribution is 14.1. The van der Waals surface area contributed by atoms with Crippen LogP contribution in [0.1, 0.15) is 35.4 Å². The highest BCUT2D eigenvalue weighted by Gasteiger charge is 2.13. The Morgan fingerprint density at radius 3 is 2.58 bits per heavy atom. The first-order valence-electron chi connectivity index (χ1n) is 9.00. The minimum Gasteiger partial charge on any atom is -0.368 e. The van der Waals surface area contributed by atoms with E-state index in [-0.39, 0.29) is 5.91 Å². The van der Waals surface area contributed by atoms with Gasteiger partial charge in [0.25, 0.3) is 5.91 Å². The summed E-state index contributed by atoms with van der Waals surface area (Å²) >= 11 is 2.22. The van der Waals surface area contributed by atoms with E-state index in [9.17, 15) is 4.79 Å². The second kappa shape index (κ2) is 9.16. The SMILES string of the molecule is Cc1nc(NCCNC(=O)c2ccc(I)cc2)cc(N2CCCCC2)n1. The van der Waals surface area contributed by atoms with Crippen LogP contribution in [0.3, 0.4) is 0 Å². The van der Waals surface area contributed by atoms with Crippen molar-refractivity contribution >= 4 is 40.1 Å². The molecule has 0 unspecified atom stereocenters. The Kier molecular flexibility index (Phi) is 6.65. The monoisotopic (exact) mass is 465 g/mol. The highest BCUT2D eigenvalue weighted by Crippen LogP contribution is 2.20. The molecule has 1 aliphatic rings. The molecular formula is C19H24IN5O. The van der Waals surface area contributed by atoms with Crippen LogP contribution in [-0.2, 0) is 0 Å². The maximum atomic E-state index is 12.1. The van der Waals surface area contributed by atoms with Crippen molar-refractivity contribution in [3.05, 3.63) is 45.3 Å². The number of amides is 1. The van der Waals surface area contributed by atoms with Gasteiger partial charge in [-0.05, 0) is 73.0 Å². The fourth-order valence-electron chi connectivity index (χ4n) is 3.00. The predicted octanol–water partition coefficient (Wildman–Crippen LogP) is 3.22. The summed E-state index contributed by atoms with van der Waals surface area (Å²) in [6, 6.07) is 9.53. The van der Waals surface area contributed by atoms with Crippen molar-refractivity contribution in [1.82, 2.24) is 15.3 Å². The molecule has 26 heavy (non-hydrogen) atoms. The number of nitrogens with zero attached hydrogens (tertiary/aromatic N) is 3. The van der Waals surface area contributed by atoms with Crippen molar-refractivity contribution in [2.45, 2.75) is 26.2 Å². The van der Waals surface area contributed by atoms with E-state index >= 15 is 0 Å². The molecule has 0 radical (unpaired) electrons. The number of halogens is 1. The van der Waals surface area contributed by atoms with Crippen molar-refractivity contribution in [1.29, 1.82) is 0 Å². The predicted molar refractivity (Wildman–Crippen MR) is 113 cm³/mol. The average Bonchev–Trinajstić information content (AvgIpc) is 2.66. The molecule has 0 spiro atoms. The topological polar surface area (TPSA) is 70.2 Å². The molecule has 1 fully saturated rings. The molecule has 3 rings (SSSR count). The number of hydrogen-bond donors (Lipinski definition) is 2. The zero-order valence-corrected chi connectivity index (χ0v) is 17.1. The molecule has 1 amide bonds. The lowest BCUT2D eigenvalue weighted by molar-refractivity contribution is 0.0955. The normalized spacial score (nSPS) is 14.2. The molecule has 138 valence electrons. The second-order valence-corrected chi connectivity index (χ2v) is 7.64. The Bertz CT molecular complexity index is 744. The maximum Gasteiger partial charge on any atom is 0.251 e. The number of carbonyl (C=O) groups is 1. The summed E-state index contributed by atoms with van der Waals surface area (Å²) < 4.78 is 1.12. The standard InChI is InChI=1S/C19H24IN5O/c1-14-23-17(13-18(24-14)25-11-3-2-4-12-25)21-9-10-22-19(26)15-5-7-16(20)8-6-15/h5-8,13H,2-4,9-12H2,1H3,(H,22,26)(H,21,23,24). The van der Waals surface area contributed by atoms with Crippen LogP contribution in [0.5, 0.6) is 0 Å². The van der Waals surface area contributed by atoms with E-state index in [2.05, 4.69) is 48.1 Å². The van der Waals surface area contributed by atoms with Gasteiger partial charge in [0.05, 0.1) is 0 Å². The molecule has 2 aromatic rings. The number of piperidine rings is 1. The number of rotatable bonds is 6. The van der Waals surface area contributed by atoms with Crippen LogP contribution in [0.15, 0.2) is 30.3 Å². The zero-order chi connectivity index (χ0) is 18.4. The van der Waals surface area contributed by atoms with Gasteiger partial charge in [0.1, 0.15) is 17.5 Å². The molecule has 1 aromatic heterocycles. The minimum atomic E-state index is -0.0592. The summed E-state index contributed by atoms with van der Waals surface area (Å²) in [5, 5.41) is 6.21. The number of aromatic nitrogens is 2. The fraction of sp³-hybridized carbons (Fsp3) is 0.421. The smallest absolute Gasteiger partial charge is 0.251 e. The van der Waals surface area contributed by atoms with Crippen molar-refractivity contribution in [2.24, 2.45) is 0 Å². The first-order chi connectivity index (χ1) is 12.6. The Balaban J connectivity index is 1.50. The van der Waals surface area contributed by atoms with Gasteiger partial charge in [-0.2, -0.15) is 0 Å². The number of hydrogen-bond acceptors (Lipinski definition) is 5. The Labute approximate surface area is 167 Å². The van der Waals surface area contributed by atoms with Crippen LogP contribution < -0.4 is 15.5 Å². The summed E-state index contributed by atoms with van der Waals surface area (Å²) in [5.41, 5.74) is 0.677. The van der Waals surface area contributed by atoms with Gasteiger partial charge in [0.2, 0.25) is 0 Å². The minimum absolute atomic E-state index is 0.0592. The van der Waals surface area contributed by atoms with E-state index in [1.807, 2.05) is 37.3 Å². The Morgan fingerprint density at radius 2 is 1.85 bits per heavy atom. The molecule has 0 atom stereocenters. The van der Waals surface area contributed by atoms with E-state index in [1.54, 1.807) is 0 Å². The summed E-state index contributed by atoms with van der Waals surface area (Å²) in [6.45, 7) is 5.18. The summed E-state index contributed by atoms with van der Waals surface area (Å²) in [7, 11) is 0. The molecule has 6 nitrogen and oxygen atoms in total. The van der Waals surface area contributed by atoms with Gasteiger partial charge >= 0.3 is 0 Å². The van der Waals surface area contributed by atoms with Crippen LogP contribution in [0.2, 0.25) is 0 Å². The lowest BCUT2D eigenvalue weighted by Gasteiger charge is -2.28. The van der Waals surface area contributed by atoms with Gasteiger partial charge < -0.3 is 15.5 Å². The van der Waals surface area contributed by atoms with Gasteiger partial charge in [-0.15, -0.1) is 0 Å². The van der Waals surface area contributed by atoms with Gasteiger partial charge in [0.15, 0.2) is 0 Å². The van der Waals surface area contributed by atoms with Crippen molar-refractivity contribution in [2.75, 3.05) is 36.4 Å². The summed E-state index contributed by atoms with van der Waals surface area (Å²) in [6.07, 6.45) is 3.73. The Morgan fingerprint density at radius 1 is 1.12 bits per heavy atom. The van der Waals surface area contributed by atoms with E-state index in [0.717, 1.165) is 34.1 Å². The fourth-order valence-corrected chi connectivity index (χ4v) is 3.36. The molecule has 1 aromatic carbocycles. The molecule has 1 saturated heterocycles. The van der Waals surface area contributed by atoms with E-state index in [1.165, 1.54) is 19.3 Å². The second-order valence-electron chi connectivity index (χ2n) is 6.40. The first-order valence-corrected chi connectivity index (χ1v) is 10.1. The number of aryl methyl sites for hydroxylation is 1. The van der Waals surface area contributed by atoms with Crippen LogP contribution in [0, 0.1) is 10.5 Å². The number of anilines is 2. The van der Waals surface area contributed by atoms with Crippen molar-refractivity contribution < 1.29 is 4.79 Å². The number of nitrogens with one attached hydrogen (secondary N) is 2. The third kappa shape index (κ3) is 5.30. The molecule has 0 saturated carbocycles. The molecular weight excluding hydrogens is 441 g/mol. The molecule has 7 heteroatoms. The lowest BCUT2D eigenvalue weighted by atomic mass is 10.1. The highest BCUT2D eigenvalue weighted by atomic mass is 127. The first kappa shape index (κ1) is 18.9. The molecule has 2 heterocycles. The number of carbonyl (C=O) groups excluding carboxylic acids is 1. The van der Waals surface area contributed by atoms with Crippen LogP contribution in [0.4, 0.5) is 11.6 Å². The van der Waals surface area contributed by atoms with Crippen LogP contribution in [0.25, 0.3) is 0 Å². The summed E-state index contributed by atoms with van der Waals surface area (Å²) in [4.78, 5) is 23.4. The largest absolute Gasteiger partial charge is 0.368 e. The zero-order valence-electron chi connectivity index (χ0n) is 15.0. The van der Waals surface area contributed by atoms with E-state index in [4.69, 9.17) is 0 Å². The van der Waals surface area contributed by atoms with Crippen molar-refractivity contribution in [3.8, 4) is 0 Å². The third-order valence-electron chi connectivity index (χ3n) is 4.33. The lowest BCUT2D eigenvalue weighted by Crippen LogP contribution is -2.31. The molecule has 0 bridgehead atoms. The molecule has 1 aliphatic heterocycles. The van der Waals surface area contributed by atoms with E-state index in [0.29, 0.717) is 18.7 Å². The number of benzene rings is 1. The molecule has 0 aliphatic carbocycles. The quantitative estimate of drug-likeness (QED) is 0.507. The van der Waals surface area contributed by atoms with Crippen LogP contribution in [-0.4, -0.2) is 42.1 Å². The van der Waals surface area contributed by atoms with Gasteiger partial charge in [-0.25, -0.2) is 9.97 Å². The van der Waals surface area contributed by atoms with Gasteiger partial charge in [-0.3, -0.25) is 4.79 Å². The van der Waals surface area contributed by atoms with Gasteiger partial charge in [0, 0.05) is 41.4 Å². The Hall–Kier alpha value is -1.90. The van der Waals surface area contributed by atoms with E-state index < -0.39 is 0 Å². The van der Waals surface area contributed by atoms with Crippen molar-refractivity contribution in [3.63, 3.8) is 0 Å².